The molecule has 28 heavy (non-hydrogen) atoms. The minimum absolute atomic E-state index is 0.299. The summed E-state index contributed by atoms with van der Waals surface area (Å²) in [6, 6.07) is 12.9. The monoisotopic (exact) mass is 426 g/mol. The maximum absolute atomic E-state index is 4.79. The average Bonchev–Trinajstić information content (AvgIpc) is 3.45. The Kier molecular flexibility index (Phi) is 5.94. The van der Waals surface area contributed by atoms with E-state index in [9.17, 15) is 0 Å². The van der Waals surface area contributed by atoms with Crippen LogP contribution in [0.5, 0.6) is 0 Å². The number of thiophene rings is 1. The van der Waals surface area contributed by atoms with Crippen molar-refractivity contribution in [3.05, 3.63) is 57.7 Å². The van der Waals surface area contributed by atoms with Crippen molar-refractivity contribution in [3.8, 4) is 22.0 Å². The van der Waals surface area contributed by atoms with Crippen molar-refractivity contribution in [2.75, 3.05) is 0 Å². The van der Waals surface area contributed by atoms with Crippen LogP contribution >= 0.6 is 34.4 Å². The lowest BCUT2D eigenvalue weighted by molar-refractivity contribution is 0.555. The smallest absolute Gasteiger partial charge is 0.192 e. The summed E-state index contributed by atoms with van der Waals surface area (Å²) in [5.74, 6) is 1.74. The van der Waals surface area contributed by atoms with E-state index in [-0.39, 0.29) is 0 Å². The highest BCUT2D eigenvalue weighted by atomic mass is 32.2. The van der Waals surface area contributed by atoms with Gasteiger partial charge in [0.1, 0.15) is 5.01 Å². The SMILES string of the molecule is CCc1cc(-c2nnc(SCc3csc(-c4ccccc4)n3)n2C(C)C)cs1. The normalized spacial score (nSPS) is 11.4. The second-order valence-electron chi connectivity index (χ2n) is 6.72. The van der Waals surface area contributed by atoms with Gasteiger partial charge in [-0.15, -0.1) is 32.9 Å². The van der Waals surface area contributed by atoms with Crippen molar-refractivity contribution in [1.29, 1.82) is 0 Å². The third-order valence-electron chi connectivity index (χ3n) is 4.36. The van der Waals surface area contributed by atoms with Gasteiger partial charge in [-0.25, -0.2) is 4.98 Å². The van der Waals surface area contributed by atoms with Gasteiger partial charge in [-0.1, -0.05) is 49.0 Å². The van der Waals surface area contributed by atoms with Crippen molar-refractivity contribution in [2.45, 2.75) is 44.1 Å². The summed E-state index contributed by atoms with van der Waals surface area (Å²) in [6.45, 7) is 6.54. The van der Waals surface area contributed by atoms with Gasteiger partial charge in [0.15, 0.2) is 11.0 Å². The van der Waals surface area contributed by atoms with Gasteiger partial charge < -0.3 is 0 Å². The Hall–Kier alpha value is -1.96. The van der Waals surface area contributed by atoms with Gasteiger partial charge in [-0.2, -0.15) is 0 Å². The van der Waals surface area contributed by atoms with E-state index in [1.165, 1.54) is 10.4 Å². The van der Waals surface area contributed by atoms with Crippen molar-refractivity contribution in [1.82, 2.24) is 19.7 Å². The molecule has 0 N–H and O–H groups in total. The van der Waals surface area contributed by atoms with Crippen molar-refractivity contribution in [2.24, 2.45) is 0 Å². The largest absolute Gasteiger partial charge is 0.299 e. The summed E-state index contributed by atoms with van der Waals surface area (Å²) in [5.41, 5.74) is 3.41. The molecule has 4 aromatic rings. The Morgan fingerprint density at radius 1 is 1.04 bits per heavy atom. The molecule has 0 amide bonds. The van der Waals surface area contributed by atoms with E-state index in [0.717, 1.165) is 39.4 Å². The highest BCUT2D eigenvalue weighted by Gasteiger charge is 2.18. The number of hydrogen-bond acceptors (Lipinski definition) is 6. The van der Waals surface area contributed by atoms with Crippen LogP contribution in [0.2, 0.25) is 0 Å². The third-order valence-corrected chi connectivity index (χ3v) is 7.36. The molecule has 0 aliphatic heterocycles. The fourth-order valence-corrected chi connectivity index (χ4v) is 5.65. The fourth-order valence-electron chi connectivity index (χ4n) is 2.95. The number of thiazole rings is 1. The maximum atomic E-state index is 4.79. The van der Waals surface area contributed by atoms with Gasteiger partial charge in [0.05, 0.1) is 5.69 Å². The first-order valence-electron chi connectivity index (χ1n) is 9.31. The van der Waals surface area contributed by atoms with Crippen LogP contribution in [0, 0.1) is 0 Å². The molecule has 4 rings (SSSR count). The zero-order valence-electron chi connectivity index (χ0n) is 16.1. The molecular formula is C21H22N4S3. The molecule has 1 aromatic carbocycles. The predicted molar refractivity (Wildman–Crippen MR) is 120 cm³/mol. The molecule has 7 heteroatoms. The van der Waals surface area contributed by atoms with Crippen LogP contribution in [-0.4, -0.2) is 19.7 Å². The molecule has 144 valence electrons. The van der Waals surface area contributed by atoms with Crippen LogP contribution in [-0.2, 0) is 12.2 Å². The van der Waals surface area contributed by atoms with E-state index in [2.05, 4.69) is 64.5 Å². The molecule has 0 aliphatic rings. The molecule has 3 heterocycles. The number of benzene rings is 1. The van der Waals surface area contributed by atoms with Gasteiger partial charge >= 0.3 is 0 Å². The summed E-state index contributed by atoms with van der Waals surface area (Å²) in [5, 5.41) is 15.3. The first-order chi connectivity index (χ1) is 13.7. The summed E-state index contributed by atoms with van der Waals surface area (Å²) in [6.07, 6.45) is 1.05. The van der Waals surface area contributed by atoms with E-state index in [0.29, 0.717) is 6.04 Å². The summed E-state index contributed by atoms with van der Waals surface area (Å²) < 4.78 is 2.23. The Labute approximate surface area is 177 Å². The van der Waals surface area contributed by atoms with E-state index in [4.69, 9.17) is 4.98 Å². The summed E-state index contributed by atoms with van der Waals surface area (Å²) in [4.78, 5) is 6.16. The molecule has 3 aromatic heterocycles. The Morgan fingerprint density at radius 2 is 1.86 bits per heavy atom. The lowest BCUT2D eigenvalue weighted by Crippen LogP contribution is -2.04. The Bertz CT molecular complexity index is 1050. The van der Waals surface area contributed by atoms with Gasteiger partial charge in [-0.3, -0.25) is 4.57 Å². The van der Waals surface area contributed by atoms with Crippen LogP contribution in [0.15, 0.2) is 52.3 Å². The van der Waals surface area contributed by atoms with E-state index >= 15 is 0 Å². The number of aromatic nitrogens is 4. The molecule has 0 fully saturated rings. The maximum Gasteiger partial charge on any atom is 0.192 e. The van der Waals surface area contributed by atoms with Crippen LogP contribution < -0.4 is 0 Å². The molecule has 4 nitrogen and oxygen atoms in total. The van der Waals surface area contributed by atoms with Crippen molar-refractivity contribution < 1.29 is 0 Å². The van der Waals surface area contributed by atoms with Crippen LogP contribution in [0.1, 0.15) is 37.4 Å². The van der Waals surface area contributed by atoms with E-state index in [1.54, 1.807) is 34.4 Å². The summed E-state index contributed by atoms with van der Waals surface area (Å²) >= 11 is 5.18. The molecule has 0 aliphatic carbocycles. The standard InChI is InChI=1S/C21H22N4S3/c1-4-18-10-16(11-26-18)19-23-24-21(25(19)14(2)3)28-13-17-12-27-20(22-17)15-8-6-5-7-9-15/h5-12,14H,4,13H2,1-3H3. The lowest BCUT2D eigenvalue weighted by atomic mass is 10.2. The first kappa shape index (κ1) is 19.4. The van der Waals surface area contributed by atoms with Gasteiger partial charge in [0, 0.05) is 38.6 Å². The number of thioether (sulfide) groups is 1. The molecule has 0 saturated heterocycles. The molecular weight excluding hydrogens is 404 g/mol. The molecule has 0 radical (unpaired) electrons. The minimum Gasteiger partial charge on any atom is -0.299 e. The second-order valence-corrected chi connectivity index (χ2v) is 9.52. The number of nitrogens with zero attached hydrogens (tertiary/aromatic N) is 4. The molecule has 0 saturated carbocycles. The quantitative estimate of drug-likeness (QED) is 0.314. The van der Waals surface area contributed by atoms with Crippen molar-refractivity contribution >= 4 is 34.4 Å². The van der Waals surface area contributed by atoms with Crippen LogP contribution in [0.25, 0.3) is 22.0 Å². The van der Waals surface area contributed by atoms with Gasteiger partial charge in [-0.05, 0) is 26.3 Å². The highest BCUT2D eigenvalue weighted by molar-refractivity contribution is 7.98. The Morgan fingerprint density at radius 3 is 2.57 bits per heavy atom. The highest BCUT2D eigenvalue weighted by Crippen LogP contribution is 2.32. The molecule has 0 unspecified atom stereocenters. The third kappa shape index (κ3) is 4.06. The predicted octanol–water partition coefficient (Wildman–Crippen LogP) is 6.57. The lowest BCUT2D eigenvalue weighted by Gasteiger charge is -2.12. The van der Waals surface area contributed by atoms with Crippen LogP contribution in [0.4, 0.5) is 0 Å². The van der Waals surface area contributed by atoms with Crippen molar-refractivity contribution in [3.63, 3.8) is 0 Å². The summed E-state index contributed by atoms with van der Waals surface area (Å²) in [7, 11) is 0. The zero-order chi connectivity index (χ0) is 19.5. The number of aryl methyl sites for hydroxylation is 1. The first-order valence-corrected chi connectivity index (χ1v) is 12.1. The van der Waals surface area contributed by atoms with Gasteiger partial charge in [0.25, 0.3) is 0 Å². The van der Waals surface area contributed by atoms with E-state index < -0.39 is 0 Å². The van der Waals surface area contributed by atoms with E-state index in [1.807, 2.05) is 18.2 Å². The molecule has 0 bridgehead atoms. The molecule has 0 spiro atoms. The zero-order valence-corrected chi connectivity index (χ0v) is 18.6. The Balaban J connectivity index is 1.53. The topological polar surface area (TPSA) is 43.6 Å². The number of hydrogen-bond donors (Lipinski definition) is 0. The van der Waals surface area contributed by atoms with Gasteiger partial charge in [0.2, 0.25) is 0 Å². The molecule has 0 atom stereocenters. The minimum atomic E-state index is 0.299. The average molecular weight is 427 g/mol. The fraction of sp³-hybridized carbons (Fsp3) is 0.286. The number of rotatable bonds is 7. The van der Waals surface area contributed by atoms with Crippen LogP contribution in [0.3, 0.4) is 0 Å². The second kappa shape index (κ2) is 8.59.